The van der Waals surface area contributed by atoms with E-state index in [0.717, 1.165) is 12.4 Å². The molecule has 1 aromatic heterocycles. The number of hydrogen-bond donors (Lipinski definition) is 3. The van der Waals surface area contributed by atoms with Gasteiger partial charge >= 0.3 is 0 Å². The summed E-state index contributed by atoms with van der Waals surface area (Å²) in [5.41, 5.74) is -0.815. The second kappa shape index (κ2) is 6.83. The molecule has 0 aliphatic carbocycles. The molecule has 0 amide bonds. The van der Waals surface area contributed by atoms with Gasteiger partial charge in [-0.1, -0.05) is 0 Å². The highest BCUT2D eigenvalue weighted by Crippen LogP contribution is 2.19. The van der Waals surface area contributed by atoms with Crippen molar-refractivity contribution < 1.29 is 14.6 Å². The lowest BCUT2D eigenvalue weighted by molar-refractivity contribution is 0.0381. The van der Waals surface area contributed by atoms with E-state index in [1.54, 1.807) is 7.11 Å². The van der Waals surface area contributed by atoms with E-state index in [4.69, 9.17) is 9.47 Å². The summed E-state index contributed by atoms with van der Waals surface area (Å²) < 4.78 is 10.3. The molecular weight excluding hydrogens is 260 g/mol. The molecule has 1 aliphatic rings. The van der Waals surface area contributed by atoms with Gasteiger partial charge < -0.3 is 25.2 Å². The molecule has 1 saturated heterocycles. The lowest BCUT2D eigenvalue weighted by Crippen LogP contribution is -2.37. The molecular formula is C13H22N4O3. The van der Waals surface area contributed by atoms with E-state index >= 15 is 0 Å². The highest BCUT2D eigenvalue weighted by atomic mass is 16.5. The molecule has 1 fully saturated rings. The quantitative estimate of drug-likeness (QED) is 0.675. The zero-order valence-electron chi connectivity index (χ0n) is 12.0. The van der Waals surface area contributed by atoms with Crippen LogP contribution < -0.4 is 10.6 Å². The summed E-state index contributed by atoms with van der Waals surface area (Å²) >= 11 is 0. The van der Waals surface area contributed by atoms with Crippen molar-refractivity contribution in [2.75, 3.05) is 44.0 Å². The zero-order chi connectivity index (χ0) is 14.4. The summed E-state index contributed by atoms with van der Waals surface area (Å²) in [5.74, 6) is 2.01. The Labute approximate surface area is 118 Å². The standard InChI is InChI=1S/C13H22N4O3/c1-3-14-10-6-11(17-12(16-10)7-19-2)15-8-13(18)4-5-20-9-13/h6,18H,3-5,7-9H2,1-2H3,(H2,14,15,16,17). The van der Waals surface area contributed by atoms with Gasteiger partial charge in [-0.05, 0) is 6.92 Å². The minimum absolute atomic E-state index is 0.349. The van der Waals surface area contributed by atoms with Crippen molar-refractivity contribution in [2.45, 2.75) is 25.6 Å². The number of rotatable bonds is 7. The SMILES string of the molecule is CCNc1cc(NCC2(O)CCOC2)nc(COC)n1. The first-order chi connectivity index (χ1) is 9.65. The predicted molar refractivity (Wildman–Crippen MR) is 75.8 cm³/mol. The third-order valence-electron chi connectivity index (χ3n) is 3.08. The van der Waals surface area contributed by atoms with Gasteiger partial charge in [0.15, 0.2) is 5.82 Å². The lowest BCUT2D eigenvalue weighted by Gasteiger charge is -2.21. The average Bonchev–Trinajstić information content (AvgIpc) is 2.85. The van der Waals surface area contributed by atoms with Crippen LogP contribution in [0.25, 0.3) is 0 Å². The van der Waals surface area contributed by atoms with Crippen LogP contribution >= 0.6 is 0 Å². The van der Waals surface area contributed by atoms with E-state index in [9.17, 15) is 5.11 Å². The maximum Gasteiger partial charge on any atom is 0.158 e. The van der Waals surface area contributed by atoms with E-state index in [1.807, 2.05) is 13.0 Å². The number of nitrogens with one attached hydrogen (secondary N) is 2. The molecule has 0 saturated carbocycles. The van der Waals surface area contributed by atoms with Crippen LogP contribution in [0.2, 0.25) is 0 Å². The van der Waals surface area contributed by atoms with E-state index in [1.165, 1.54) is 0 Å². The molecule has 7 nitrogen and oxygen atoms in total. The molecule has 0 radical (unpaired) electrons. The highest BCUT2D eigenvalue weighted by Gasteiger charge is 2.32. The van der Waals surface area contributed by atoms with Crippen LogP contribution in [0.1, 0.15) is 19.2 Å². The van der Waals surface area contributed by atoms with Gasteiger partial charge in [0, 0.05) is 39.3 Å². The molecule has 1 aromatic rings. The topological polar surface area (TPSA) is 88.5 Å². The monoisotopic (exact) mass is 282 g/mol. The van der Waals surface area contributed by atoms with Crippen LogP contribution in [-0.4, -0.2) is 54.1 Å². The molecule has 1 atom stereocenters. The third-order valence-corrected chi connectivity index (χ3v) is 3.08. The van der Waals surface area contributed by atoms with Crippen LogP contribution in [0.5, 0.6) is 0 Å². The largest absolute Gasteiger partial charge is 0.386 e. The first-order valence-electron chi connectivity index (χ1n) is 6.80. The van der Waals surface area contributed by atoms with Crippen LogP contribution in [0.3, 0.4) is 0 Å². The number of ether oxygens (including phenoxy) is 2. The van der Waals surface area contributed by atoms with Crippen LogP contribution in [0.4, 0.5) is 11.6 Å². The Bertz CT molecular complexity index is 411. The molecule has 20 heavy (non-hydrogen) atoms. The summed E-state index contributed by atoms with van der Waals surface area (Å²) in [6.45, 7) is 4.49. The maximum absolute atomic E-state index is 10.2. The van der Waals surface area contributed by atoms with E-state index in [0.29, 0.717) is 44.4 Å². The number of nitrogens with zero attached hydrogens (tertiary/aromatic N) is 2. The van der Waals surface area contributed by atoms with Crippen molar-refractivity contribution >= 4 is 11.6 Å². The van der Waals surface area contributed by atoms with Crippen LogP contribution in [0.15, 0.2) is 6.07 Å². The fourth-order valence-electron chi connectivity index (χ4n) is 2.04. The van der Waals surface area contributed by atoms with E-state index in [2.05, 4.69) is 20.6 Å². The molecule has 0 spiro atoms. The molecule has 0 bridgehead atoms. The molecule has 1 aliphatic heterocycles. The smallest absolute Gasteiger partial charge is 0.158 e. The van der Waals surface area contributed by atoms with Crippen molar-refractivity contribution in [2.24, 2.45) is 0 Å². The first-order valence-corrected chi connectivity index (χ1v) is 6.80. The number of aliphatic hydroxyl groups is 1. The van der Waals surface area contributed by atoms with Crippen molar-refractivity contribution in [3.05, 3.63) is 11.9 Å². The Morgan fingerprint density at radius 3 is 2.75 bits per heavy atom. The summed E-state index contributed by atoms with van der Waals surface area (Å²) in [5, 5.41) is 16.5. The number of aromatic nitrogens is 2. The summed E-state index contributed by atoms with van der Waals surface area (Å²) in [7, 11) is 1.61. The van der Waals surface area contributed by atoms with Gasteiger partial charge in [0.2, 0.25) is 0 Å². The fraction of sp³-hybridized carbons (Fsp3) is 0.692. The van der Waals surface area contributed by atoms with Gasteiger partial charge in [0.05, 0.1) is 6.61 Å². The van der Waals surface area contributed by atoms with Crippen LogP contribution in [-0.2, 0) is 16.1 Å². The Morgan fingerprint density at radius 2 is 2.15 bits per heavy atom. The molecule has 3 N–H and O–H groups in total. The third kappa shape index (κ3) is 4.03. The second-order valence-corrected chi connectivity index (χ2v) is 4.90. The van der Waals surface area contributed by atoms with Crippen molar-refractivity contribution in [3.8, 4) is 0 Å². The predicted octanol–water partition coefficient (Wildman–Crippen LogP) is 0.618. The maximum atomic E-state index is 10.2. The zero-order valence-corrected chi connectivity index (χ0v) is 12.0. The van der Waals surface area contributed by atoms with E-state index < -0.39 is 5.60 Å². The number of methoxy groups -OCH3 is 1. The molecule has 2 heterocycles. The van der Waals surface area contributed by atoms with Gasteiger partial charge in [0.1, 0.15) is 23.8 Å². The molecule has 1 unspecified atom stereocenters. The normalized spacial score (nSPS) is 21.9. The Balaban J connectivity index is 2.05. The van der Waals surface area contributed by atoms with Crippen LogP contribution in [0, 0.1) is 0 Å². The van der Waals surface area contributed by atoms with Gasteiger partial charge in [-0.15, -0.1) is 0 Å². The van der Waals surface area contributed by atoms with Gasteiger partial charge in [0.25, 0.3) is 0 Å². The minimum Gasteiger partial charge on any atom is -0.386 e. The highest BCUT2D eigenvalue weighted by molar-refractivity contribution is 5.47. The number of hydrogen-bond acceptors (Lipinski definition) is 7. The van der Waals surface area contributed by atoms with Crippen molar-refractivity contribution in [3.63, 3.8) is 0 Å². The second-order valence-electron chi connectivity index (χ2n) is 4.90. The Hall–Kier alpha value is -1.44. The van der Waals surface area contributed by atoms with E-state index in [-0.39, 0.29) is 0 Å². The van der Waals surface area contributed by atoms with Gasteiger partial charge in [-0.3, -0.25) is 0 Å². The summed E-state index contributed by atoms with van der Waals surface area (Å²) in [6.07, 6.45) is 0.635. The van der Waals surface area contributed by atoms with Gasteiger partial charge in [-0.25, -0.2) is 9.97 Å². The lowest BCUT2D eigenvalue weighted by atomic mass is 10.0. The molecule has 2 rings (SSSR count). The fourth-order valence-corrected chi connectivity index (χ4v) is 2.04. The first kappa shape index (κ1) is 15.0. The Morgan fingerprint density at radius 1 is 1.40 bits per heavy atom. The van der Waals surface area contributed by atoms with Crippen molar-refractivity contribution in [1.82, 2.24) is 9.97 Å². The van der Waals surface area contributed by atoms with Gasteiger partial charge in [-0.2, -0.15) is 0 Å². The molecule has 112 valence electrons. The number of anilines is 2. The summed E-state index contributed by atoms with van der Waals surface area (Å²) in [4.78, 5) is 8.69. The molecule has 0 aromatic carbocycles. The minimum atomic E-state index is -0.815. The average molecular weight is 282 g/mol. The molecule has 7 heteroatoms. The summed E-state index contributed by atoms with van der Waals surface area (Å²) in [6, 6.07) is 1.82. The van der Waals surface area contributed by atoms with Crippen molar-refractivity contribution in [1.29, 1.82) is 0 Å². The Kier molecular flexibility index (Phi) is 5.11.